The van der Waals surface area contributed by atoms with Gasteiger partial charge in [0.05, 0.1) is 58.8 Å². The van der Waals surface area contributed by atoms with E-state index in [0.29, 0.717) is 11.1 Å². The summed E-state index contributed by atoms with van der Waals surface area (Å²) in [4.78, 5) is 20.4. The largest absolute Gasteiger partial charge is 0.547 e. The minimum absolute atomic E-state index is 0.136. The molecule has 4 aromatic carbocycles. The van der Waals surface area contributed by atoms with Crippen LogP contribution in [0.25, 0.3) is 0 Å². The van der Waals surface area contributed by atoms with Gasteiger partial charge in [-0.25, -0.2) is 4.79 Å². The zero-order valence-electron chi connectivity index (χ0n) is 27.9. The maximum Gasteiger partial charge on any atom is 0.337 e. The van der Waals surface area contributed by atoms with Gasteiger partial charge in [-0.1, -0.05) is 121 Å². The Morgan fingerprint density at radius 3 is 1.06 bits per heavy atom. The molecular weight excluding hydrogens is 646 g/mol. The van der Waals surface area contributed by atoms with Gasteiger partial charge in [0.25, 0.3) is 0 Å². The molecule has 2 saturated heterocycles. The van der Waals surface area contributed by atoms with Gasteiger partial charge in [0.15, 0.2) is 6.10 Å². The van der Waals surface area contributed by atoms with Crippen molar-refractivity contribution in [3.8, 4) is 0 Å². The van der Waals surface area contributed by atoms with Crippen LogP contribution in [-0.4, -0.2) is 85.2 Å². The standard InChI is InChI=1S/C14H15NO.2C8H8O3.2C4H8O2/c15-13(11-7-3-1-4-8-11)14(16)12-9-5-2-6-10-12;2*9-7(8(10)11)6-4-2-1-3-5-6;2*1-2-6-4-3-5-1/h1-10,13-14,16H,15H2;2*1-5,7,9H,(H,10,11);2*1-4H2/t13-,14+;2*7-;;/m000../s1. The van der Waals surface area contributed by atoms with Crippen molar-refractivity contribution in [3.05, 3.63) is 144 Å². The van der Waals surface area contributed by atoms with Gasteiger partial charge in [0.1, 0.15) is 18.2 Å². The van der Waals surface area contributed by atoms with Gasteiger partial charge < -0.3 is 55.0 Å². The third-order valence-corrected chi connectivity index (χ3v) is 6.93. The van der Waals surface area contributed by atoms with E-state index in [1.54, 1.807) is 48.5 Å². The maximum absolute atomic E-state index is 10.2. The molecule has 0 saturated carbocycles. The molecule has 4 aromatic rings. The summed E-state index contributed by atoms with van der Waals surface area (Å²) < 4.78 is 19.8. The van der Waals surface area contributed by atoms with Gasteiger partial charge in [0.2, 0.25) is 0 Å². The first-order valence-electron chi connectivity index (χ1n) is 16.0. The number of carboxylic acids is 2. The average molecular weight is 694 g/mol. The number of quaternary nitrogens is 1. The molecule has 2 aliphatic rings. The highest BCUT2D eigenvalue weighted by Gasteiger charge is 2.21. The van der Waals surface area contributed by atoms with Crippen LogP contribution in [0.3, 0.4) is 0 Å². The molecule has 0 aromatic heterocycles. The molecule has 6 rings (SSSR count). The molecule has 4 atom stereocenters. The van der Waals surface area contributed by atoms with Crippen LogP contribution in [0.15, 0.2) is 121 Å². The summed E-state index contributed by atoms with van der Waals surface area (Å²) in [6.07, 6.45) is -3.48. The Balaban J connectivity index is 0.000000227. The normalized spacial score (nSPS) is 15.8. The Kier molecular flexibility index (Phi) is 21.2. The second-order valence-electron chi connectivity index (χ2n) is 10.6. The van der Waals surface area contributed by atoms with Crippen LogP contribution in [0.2, 0.25) is 0 Å². The summed E-state index contributed by atoms with van der Waals surface area (Å²) in [5.74, 6) is -2.70. The van der Waals surface area contributed by atoms with Gasteiger partial charge in [-0.15, -0.1) is 0 Å². The van der Waals surface area contributed by atoms with Crippen LogP contribution in [0.5, 0.6) is 0 Å². The molecule has 12 heteroatoms. The van der Waals surface area contributed by atoms with Crippen molar-refractivity contribution < 1.29 is 59.8 Å². The third-order valence-electron chi connectivity index (χ3n) is 6.93. The molecule has 270 valence electrons. The first kappa shape index (κ1) is 41.7. The summed E-state index contributed by atoms with van der Waals surface area (Å²) in [6.45, 7) is 6.22. The molecule has 0 aliphatic carbocycles. The Hall–Kier alpha value is -4.50. The van der Waals surface area contributed by atoms with E-state index in [4.69, 9.17) is 34.3 Å². The second kappa shape index (κ2) is 25.5. The fourth-order valence-electron chi connectivity index (χ4n) is 4.19. The lowest BCUT2D eigenvalue weighted by Gasteiger charge is -2.16. The minimum Gasteiger partial charge on any atom is -0.547 e. The van der Waals surface area contributed by atoms with E-state index >= 15 is 0 Å². The van der Waals surface area contributed by atoms with Crippen LogP contribution < -0.4 is 10.8 Å². The van der Waals surface area contributed by atoms with Gasteiger partial charge in [-0.3, -0.25) is 0 Å². The summed E-state index contributed by atoms with van der Waals surface area (Å²) >= 11 is 0. The number of rotatable bonds is 7. The number of ether oxygens (including phenoxy) is 4. The lowest BCUT2D eigenvalue weighted by atomic mass is 9.97. The Morgan fingerprint density at radius 2 is 0.780 bits per heavy atom. The minimum atomic E-state index is -1.52. The first-order chi connectivity index (χ1) is 24.2. The van der Waals surface area contributed by atoms with Crippen molar-refractivity contribution >= 4 is 11.9 Å². The van der Waals surface area contributed by atoms with E-state index in [1.165, 1.54) is 12.1 Å². The monoisotopic (exact) mass is 693 g/mol. The van der Waals surface area contributed by atoms with Crippen LogP contribution in [0, 0.1) is 0 Å². The fourth-order valence-corrected chi connectivity index (χ4v) is 4.19. The molecule has 2 aliphatic heterocycles. The molecule has 2 fully saturated rings. The number of aliphatic hydroxyl groups is 3. The molecular formula is C38H47NO11. The quantitative estimate of drug-likeness (QED) is 0.190. The number of carbonyl (C=O) groups excluding carboxylic acids is 1. The highest BCUT2D eigenvalue weighted by Crippen LogP contribution is 2.24. The van der Waals surface area contributed by atoms with E-state index in [2.05, 4.69) is 5.73 Å². The molecule has 0 amide bonds. The smallest absolute Gasteiger partial charge is 0.337 e. The predicted molar refractivity (Wildman–Crippen MR) is 182 cm³/mol. The van der Waals surface area contributed by atoms with E-state index in [-0.39, 0.29) is 6.04 Å². The van der Waals surface area contributed by atoms with Crippen molar-refractivity contribution in [2.45, 2.75) is 24.4 Å². The van der Waals surface area contributed by atoms with Crippen LogP contribution in [0.4, 0.5) is 0 Å². The van der Waals surface area contributed by atoms with Crippen molar-refractivity contribution in [2.75, 3.05) is 52.9 Å². The fraction of sp³-hybridized carbons (Fsp3) is 0.316. The number of hydrogen-bond acceptors (Lipinski definition) is 10. The van der Waals surface area contributed by atoms with E-state index < -0.39 is 30.3 Å². The molecule has 0 unspecified atom stereocenters. The van der Waals surface area contributed by atoms with Gasteiger partial charge in [-0.2, -0.15) is 0 Å². The van der Waals surface area contributed by atoms with Crippen molar-refractivity contribution in [2.24, 2.45) is 0 Å². The summed E-state index contributed by atoms with van der Waals surface area (Å²) in [5, 5.41) is 46.6. The molecule has 0 radical (unpaired) electrons. The Bertz CT molecular complexity index is 1290. The molecule has 0 bridgehead atoms. The molecule has 7 N–H and O–H groups in total. The van der Waals surface area contributed by atoms with E-state index in [9.17, 15) is 19.8 Å². The summed E-state index contributed by atoms with van der Waals surface area (Å²) in [7, 11) is 0. The molecule has 12 nitrogen and oxygen atoms in total. The lowest BCUT2D eigenvalue weighted by Crippen LogP contribution is -2.56. The van der Waals surface area contributed by atoms with Gasteiger partial charge in [0, 0.05) is 5.56 Å². The average Bonchev–Trinajstić information content (AvgIpc) is 3.20. The topological polar surface area (TPSA) is 203 Å². The number of aliphatic carboxylic acids is 2. The van der Waals surface area contributed by atoms with Crippen LogP contribution in [0.1, 0.15) is 46.6 Å². The summed E-state index contributed by atoms with van der Waals surface area (Å²) in [5.41, 5.74) is 6.74. The first-order valence-corrected chi connectivity index (χ1v) is 16.0. The zero-order chi connectivity index (χ0) is 36.4. The lowest BCUT2D eigenvalue weighted by molar-refractivity contribution is -0.446. The third kappa shape index (κ3) is 17.2. The van der Waals surface area contributed by atoms with E-state index in [1.807, 2.05) is 60.7 Å². The predicted octanol–water partition coefficient (Wildman–Crippen LogP) is 2.04. The number of hydrogen-bond donors (Lipinski definition) is 5. The van der Waals surface area contributed by atoms with Crippen LogP contribution in [-0.2, 0) is 28.5 Å². The summed E-state index contributed by atoms with van der Waals surface area (Å²) in [6, 6.07) is 35.7. The highest BCUT2D eigenvalue weighted by molar-refractivity contribution is 5.74. The van der Waals surface area contributed by atoms with Gasteiger partial charge >= 0.3 is 5.97 Å². The molecule has 2 heterocycles. The van der Waals surface area contributed by atoms with Crippen LogP contribution >= 0.6 is 0 Å². The van der Waals surface area contributed by atoms with Crippen molar-refractivity contribution in [1.82, 2.24) is 0 Å². The van der Waals surface area contributed by atoms with E-state index in [0.717, 1.165) is 64.0 Å². The number of benzene rings is 4. The zero-order valence-corrected chi connectivity index (χ0v) is 27.9. The maximum atomic E-state index is 10.2. The van der Waals surface area contributed by atoms with Crippen molar-refractivity contribution in [1.29, 1.82) is 0 Å². The molecule has 0 spiro atoms. The Labute approximate surface area is 292 Å². The number of carbonyl (C=O) groups is 2. The highest BCUT2D eigenvalue weighted by atomic mass is 16.6. The van der Waals surface area contributed by atoms with Gasteiger partial charge in [-0.05, 0) is 16.7 Å². The number of carboxylic acid groups (broad SMARTS) is 2. The molecule has 50 heavy (non-hydrogen) atoms. The van der Waals surface area contributed by atoms with Crippen molar-refractivity contribution in [3.63, 3.8) is 0 Å². The number of aliphatic hydroxyl groups excluding tert-OH is 3. The Morgan fingerprint density at radius 1 is 0.500 bits per heavy atom. The SMILES string of the molecule is C1COCCO1.C1COCCO1.O=C(O)[C@@H](O)c1ccccc1.O=C([O-])[C@@H](O)c1ccccc1.[NH3+][C@@H](c1ccccc1)[C@H](O)c1ccccc1. The second-order valence-corrected chi connectivity index (χ2v) is 10.6.